The quantitative estimate of drug-likeness (QED) is 0.123. The summed E-state index contributed by atoms with van der Waals surface area (Å²) < 4.78 is 17.9. The van der Waals surface area contributed by atoms with Crippen LogP contribution in [0.15, 0.2) is 373 Å². The highest BCUT2D eigenvalue weighted by molar-refractivity contribution is 7.27. The number of pyridine rings is 2. The van der Waals surface area contributed by atoms with Crippen molar-refractivity contribution in [3.63, 3.8) is 0 Å². The second-order valence-corrected chi connectivity index (χ2v) is 30.4. The van der Waals surface area contributed by atoms with E-state index in [0.29, 0.717) is 34.9 Å². The molecule has 0 radical (unpaired) electrons. The van der Waals surface area contributed by atoms with Crippen LogP contribution in [0.1, 0.15) is 0 Å². The first-order valence-electron chi connectivity index (χ1n) is 37.9. The number of hydrogen-bond donors (Lipinski definition) is 0. The Bertz CT molecular complexity index is 7660. The molecule has 0 fully saturated rings. The largest absolute Gasteiger partial charge is 0.455 e. The maximum atomic E-state index is 6.55. The highest BCUT2D eigenvalue weighted by atomic mass is 32.1. The van der Waals surface area contributed by atoms with Crippen LogP contribution in [-0.2, 0) is 0 Å². The van der Waals surface area contributed by atoms with E-state index >= 15 is 0 Å². The summed E-state index contributed by atoms with van der Waals surface area (Å²) >= 11 is 3.64. The van der Waals surface area contributed by atoms with E-state index in [1.807, 2.05) is 144 Å². The van der Waals surface area contributed by atoms with Crippen molar-refractivity contribution >= 4 is 129 Å². The molecule has 0 N–H and O–H groups in total. The Labute approximate surface area is 661 Å². The molecule has 0 spiro atoms. The van der Waals surface area contributed by atoms with Gasteiger partial charge in [0.25, 0.3) is 0 Å². The zero-order valence-electron chi connectivity index (χ0n) is 60.9. The Hall–Kier alpha value is -14.8. The first-order chi connectivity index (χ1) is 56.5. The molecule has 0 aliphatic carbocycles. The van der Waals surface area contributed by atoms with E-state index in [0.717, 1.165) is 160 Å². The number of benzene rings is 15. The highest BCUT2D eigenvalue weighted by Gasteiger charge is 2.25. The van der Waals surface area contributed by atoms with Gasteiger partial charge in [-0.1, -0.05) is 322 Å². The minimum absolute atomic E-state index is 0.609. The zero-order valence-corrected chi connectivity index (χ0v) is 62.5. The summed E-state index contributed by atoms with van der Waals surface area (Å²) in [5, 5.41) is 11.4. The Balaban J connectivity index is 0.000000140. The summed E-state index contributed by atoms with van der Waals surface area (Å²) in [4.78, 5) is 41.0. The Morgan fingerprint density at radius 2 is 0.491 bits per heavy atom. The summed E-state index contributed by atoms with van der Waals surface area (Å²) in [5.41, 5.74) is 21.5. The number of fused-ring (bicyclic) bond motifs is 16. The molecule has 23 rings (SSSR count). The van der Waals surface area contributed by atoms with Crippen LogP contribution in [0.5, 0.6) is 0 Å². The number of hydrogen-bond acceptors (Lipinski definition) is 12. The smallest absolute Gasteiger partial charge is 0.164 e. The van der Waals surface area contributed by atoms with Crippen LogP contribution < -0.4 is 0 Å². The van der Waals surface area contributed by atoms with Crippen LogP contribution in [-0.4, -0.2) is 39.9 Å². The standard InChI is InChI=1S/C54H32N4OS.C48H28N4OS/c1-3-13-33(14-4-1)34-25-29-37(30-26-34)53-56-52(36-15-5-2-6-16-36)57-54(58-53)38-31-27-35(28-32-38)49-48-43-18-8-10-24-46(43)60-51(48)47-40(19-12-22-44(47)55-49)42-21-11-20-41-39-17-7-9-23-45(39)59-50(41)42;1-3-14-29(15-4-1)46-50-47(30-16-5-2-6-17-30)52-48(51-46)32-19-11-18-31(28-32)43-42-37-21-8-10-27-40(37)54-45(42)41-34(22-13-25-38(41)49-43)36-24-12-23-35-33-20-7-9-26-39(33)53-44(35)36/h1-32H;1-28H. The average Bonchev–Trinajstić information content (AvgIpc) is 1.53. The van der Waals surface area contributed by atoms with Crippen molar-refractivity contribution in [2.45, 2.75) is 0 Å². The first-order valence-corrected chi connectivity index (χ1v) is 39.5. The maximum absolute atomic E-state index is 6.55. The molecule has 0 amide bonds. The maximum Gasteiger partial charge on any atom is 0.164 e. The van der Waals surface area contributed by atoms with Crippen LogP contribution in [0, 0.1) is 0 Å². The minimum atomic E-state index is 0.609. The lowest BCUT2D eigenvalue weighted by Gasteiger charge is -2.13. The number of furan rings is 2. The lowest BCUT2D eigenvalue weighted by molar-refractivity contribution is 0.669. The second-order valence-electron chi connectivity index (χ2n) is 28.3. The Kier molecular flexibility index (Phi) is 16.0. The fraction of sp³-hybridized carbons (Fsp3) is 0. The SMILES string of the molecule is c1ccc(-c2ccc(-c3nc(-c4ccccc4)nc(-c4ccc(-c5nc6cccc(-c7cccc8c7oc7ccccc78)c6c6sc7ccccc7c56)cc4)n3)cc2)cc1.c1ccc(-c2nc(-c3ccccc3)nc(-c3cccc(-c4nc5cccc(-c6cccc7c6oc6ccccc67)c5c5sc6ccccc6c45)c3)n2)cc1. The molecule has 0 atom stereocenters. The number of aromatic nitrogens is 8. The van der Waals surface area contributed by atoms with Crippen LogP contribution in [0.25, 0.3) is 230 Å². The molecule has 10 nitrogen and oxygen atoms in total. The van der Waals surface area contributed by atoms with Gasteiger partial charge in [0.15, 0.2) is 34.9 Å². The Morgan fingerprint density at radius 1 is 0.193 bits per heavy atom. The van der Waals surface area contributed by atoms with Crippen molar-refractivity contribution in [1.82, 2.24) is 39.9 Å². The molecule has 0 saturated carbocycles. The van der Waals surface area contributed by atoms with E-state index in [2.05, 4.69) is 243 Å². The lowest BCUT2D eigenvalue weighted by atomic mass is 9.95. The number of thiophene rings is 2. The second kappa shape index (κ2) is 27.6. The van der Waals surface area contributed by atoms with E-state index in [9.17, 15) is 0 Å². The molecule has 8 heterocycles. The topological polar surface area (TPSA) is 129 Å². The molecule has 0 saturated heterocycles. The molecule has 0 bridgehead atoms. The number of rotatable bonds is 11. The van der Waals surface area contributed by atoms with Crippen molar-refractivity contribution in [1.29, 1.82) is 0 Å². The van der Waals surface area contributed by atoms with Crippen molar-refractivity contribution in [3.05, 3.63) is 364 Å². The van der Waals surface area contributed by atoms with Gasteiger partial charge in [-0.05, 0) is 64.7 Å². The molecule has 23 aromatic rings. The summed E-state index contributed by atoms with van der Waals surface area (Å²) in [6.07, 6.45) is 0. The monoisotopic (exact) mass is 1490 g/mol. The van der Waals surface area contributed by atoms with E-state index in [1.54, 1.807) is 0 Å². The van der Waals surface area contributed by atoms with Crippen LogP contribution in [0.4, 0.5) is 0 Å². The van der Waals surface area contributed by atoms with Gasteiger partial charge in [-0.15, -0.1) is 22.7 Å². The summed E-state index contributed by atoms with van der Waals surface area (Å²) in [6.45, 7) is 0. The van der Waals surface area contributed by atoms with Gasteiger partial charge in [-0.3, -0.25) is 0 Å². The number of para-hydroxylation sites is 4. The number of nitrogens with zero attached hydrogens (tertiary/aromatic N) is 8. The average molecular weight is 1490 g/mol. The first kappa shape index (κ1) is 66.2. The van der Waals surface area contributed by atoms with Gasteiger partial charge in [0.05, 0.1) is 22.4 Å². The van der Waals surface area contributed by atoms with Gasteiger partial charge in [-0.25, -0.2) is 39.9 Å². The highest BCUT2D eigenvalue weighted by Crippen LogP contribution is 2.50. The predicted molar refractivity (Wildman–Crippen MR) is 470 cm³/mol. The lowest BCUT2D eigenvalue weighted by Crippen LogP contribution is -2.00. The molecule has 15 aromatic carbocycles. The molecule has 0 aliphatic rings. The molecular weight excluding hydrogens is 1430 g/mol. The fourth-order valence-corrected chi connectivity index (χ4v) is 18.7. The van der Waals surface area contributed by atoms with Crippen LogP contribution in [0.2, 0.25) is 0 Å². The van der Waals surface area contributed by atoms with Crippen molar-refractivity contribution in [2.75, 3.05) is 0 Å². The molecular formula is C102H60N8O2S2. The third-order valence-corrected chi connectivity index (χ3v) is 23.9. The van der Waals surface area contributed by atoms with Gasteiger partial charge < -0.3 is 8.83 Å². The molecule has 532 valence electrons. The van der Waals surface area contributed by atoms with Gasteiger partial charge in [-0.2, -0.15) is 0 Å². The van der Waals surface area contributed by atoms with Crippen molar-refractivity contribution in [3.8, 4) is 124 Å². The predicted octanol–water partition coefficient (Wildman–Crippen LogP) is 27.7. The van der Waals surface area contributed by atoms with Gasteiger partial charge >= 0.3 is 0 Å². The molecule has 0 unspecified atom stereocenters. The third kappa shape index (κ3) is 11.5. The Morgan fingerprint density at radius 3 is 0.939 bits per heavy atom. The molecule has 12 heteroatoms. The molecule has 8 aromatic heterocycles. The van der Waals surface area contributed by atoms with Crippen LogP contribution in [0.3, 0.4) is 0 Å². The van der Waals surface area contributed by atoms with E-state index < -0.39 is 0 Å². The summed E-state index contributed by atoms with van der Waals surface area (Å²) in [5.74, 6) is 3.74. The normalized spacial score (nSPS) is 11.7. The van der Waals surface area contributed by atoms with Crippen molar-refractivity contribution in [2.24, 2.45) is 0 Å². The van der Waals surface area contributed by atoms with Gasteiger partial charge in [0, 0.05) is 128 Å². The van der Waals surface area contributed by atoms with E-state index in [-0.39, 0.29) is 0 Å². The van der Waals surface area contributed by atoms with E-state index in [1.165, 1.54) is 35.1 Å². The third-order valence-electron chi connectivity index (χ3n) is 21.5. The van der Waals surface area contributed by atoms with Crippen LogP contribution >= 0.6 is 22.7 Å². The zero-order chi connectivity index (χ0) is 75.2. The summed E-state index contributed by atoms with van der Waals surface area (Å²) in [6, 6.07) is 126. The van der Waals surface area contributed by atoms with Gasteiger partial charge in [0.2, 0.25) is 0 Å². The fourth-order valence-electron chi connectivity index (χ4n) is 16.1. The van der Waals surface area contributed by atoms with E-state index in [4.69, 9.17) is 48.7 Å². The summed E-state index contributed by atoms with van der Waals surface area (Å²) in [7, 11) is 0. The van der Waals surface area contributed by atoms with Gasteiger partial charge in [0.1, 0.15) is 22.3 Å². The molecule has 0 aliphatic heterocycles. The molecule has 114 heavy (non-hydrogen) atoms. The van der Waals surface area contributed by atoms with Crippen molar-refractivity contribution < 1.29 is 8.83 Å². The minimum Gasteiger partial charge on any atom is -0.455 e.